The predicted molar refractivity (Wildman–Crippen MR) is 120 cm³/mol. The van der Waals surface area contributed by atoms with Gasteiger partial charge in [0.25, 0.3) is 0 Å². The van der Waals surface area contributed by atoms with Crippen molar-refractivity contribution in [3.63, 3.8) is 0 Å². The Labute approximate surface area is 185 Å². The number of nitrogens with one attached hydrogen (secondary N) is 1. The quantitative estimate of drug-likeness (QED) is 0.655. The fourth-order valence-electron chi connectivity index (χ4n) is 4.15. The Bertz CT molecular complexity index is 848. The third-order valence-corrected chi connectivity index (χ3v) is 7.47. The SMILES string of the molecule is CC(C)(C)CC(C)(C)NC(=O)[C@@H]1CCCN(S(=O)(=O)Cc2ccc(Cl)c(Cl)c2)C1. The third-order valence-electron chi connectivity index (χ3n) is 4.92. The van der Waals surface area contributed by atoms with Crippen molar-refractivity contribution in [2.24, 2.45) is 11.3 Å². The Kier molecular flexibility index (Phi) is 7.69. The lowest BCUT2D eigenvalue weighted by molar-refractivity contribution is -0.128. The van der Waals surface area contributed by atoms with Crippen molar-refractivity contribution in [1.29, 1.82) is 0 Å². The number of benzene rings is 1. The number of hydrogen-bond acceptors (Lipinski definition) is 3. The molecule has 0 aromatic heterocycles. The molecule has 2 rings (SSSR count). The molecule has 1 aliphatic heterocycles. The molecular weight excluding hydrogens is 431 g/mol. The van der Waals surface area contributed by atoms with Crippen LogP contribution in [0, 0.1) is 11.3 Å². The first-order valence-corrected chi connectivity index (χ1v) is 12.3. The van der Waals surface area contributed by atoms with Crippen LogP contribution in [-0.4, -0.2) is 37.3 Å². The molecule has 1 fully saturated rings. The van der Waals surface area contributed by atoms with Crippen molar-refractivity contribution in [1.82, 2.24) is 9.62 Å². The highest BCUT2D eigenvalue weighted by atomic mass is 35.5. The summed E-state index contributed by atoms with van der Waals surface area (Å²) in [5.41, 5.74) is 0.312. The van der Waals surface area contributed by atoms with E-state index >= 15 is 0 Å². The summed E-state index contributed by atoms with van der Waals surface area (Å²) in [5, 5.41) is 3.84. The molecule has 5 nitrogen and oxygen atoms in total. The summed E-state index contributed by atoms with van der Waals surface area (Å²) in [7, 11) is -3.55. The Morgan fingerprint density at radius 3 is 2.41 bits per heavy atom. The highest BCUT2D eigenvalue weighted by Crippen LogP contribution is 2.29. The maximum Gasteiger partial charge on any atom is 0.224 e. The van der Waals surface area contributed by atoms with Gasteiger partial charge in [-0.05, 0) is 56.2 Å². The van der Waals surface area contributed by atoms with Crippen molar-refractivity contribution < 1.29 is 13.2 Å². The summed E-state index contributed by atoms with van der Waals surface area (Å²) < 4.78 is 27.3. The minimum absolute atomic E-state index is 0.0753. The Morgan fingerprint density at radius 2 is 1.83 bits per heavy atom. The van der Waals surface area contributed by atoms with Gasteiger partial charge in [0, 0.05) is 18.6 Å². The second-order valence-electron chi connectivity index (χ2n) is 9.81. The first-order valence-electron chi connectivity index (χ1n) is 9.92. The summed E-state index contributed by atoms with van der Waals surface area (Å²) in [5.74, 6) is -0.575. The van der Waals surface area contributed by atoms with Crippen LogP contribution in [0.25, 0.3) is 0 Å². The monoisotopic (exact) mass is 462 g/mol. The molecule has 0 spiro atoms. The van der Waals surface area contributed by atoms with Crippen LogP contribution in [0.2, 0.25) is 10.0 Å². The number of halogens is 2. The Morgan fingerprint density at radius 1 is 1.17 bits per heavy atom. The molecule has 1 heterocycles. The molecule has 0 aliphatic carbocycles. The van der Waals surface area contributed by atoms with E-state index in [2.05, 4.69) is 26.1 Å². The lowest BCUT2D eigenvalue weighted by Gasteiger charge is -2.36. The van der Waals surface area contributed by atoms with E-state index in [4.69, 9.17) is 23.2 Å². The van der Waals surface area contributed by atoms with Gasteiger partial charge in [-0.25, -0.2) is 12.7 Å². The molecule has 1 aromatic rings. The van der Waals surface area contributed by atoms with Gasteiger partial charge in [0.05, 0.1) is 21.7 Å². The second kappa shape index (κ2) is 9.13. The molecule has 1 atom stereocenters. The van der Waals surface area contributed by atoms with E-state index in [1.807, 2.05) is 13.8 Å². The van der Waals surface area contributed by atoms with E-state index in [0.29, 0.717) is 35.0 Å². The molecule has 164 valence electrons. The van der Waals surface area contributed by atoms with Crippen molar-refractivity contribution >= 4 is 39.1 Å². The van der Waals surface area contributed by atoms with Crippen LogP contribution < -0.4 is 5.32 Å². The van der Waals surface area contributed by atoms with Crippen LogP contribution in [0.1, 0.15) is 59.4 Å². The number of nitrogens with zero attached hydrogens (tertiary/aromatic N) is 1. The molecule has 8 heteroatoms. The average molecular weight is 463 g/mol. The van der Waals surface area contributed by atoms with E-state index in [9.17, 15) is 13.2 Å². The number of amides is 1. The van der Waals surface area contributed by atoms with Crippen LogP contribution >= 0.6 is 23.2 Å². The van der Waals surface area contributed by atoms with Gasteiger partial charge >= 0.3 is 0 Å². The normalized spacial score (nSPS) is 19.2. The molecule has 1 amide bonds. The topological polar surface area (TPSA) is 66.5 Å². The lowest BCUT2D eigenvalue weighted by atomic mass is 9.81. The van der Waals surface area contributed by atoms with E-state index in [0.717, 1.165) is 6.42 Å². The van der Waals surface area contributed by atoms with Crippen molar-refractivity contribution in [3.8, 4) is 0 Å². The number of carbonyl (C=O) groups excluding carboxylic acids is 1. The molecule has 0 radical (unpaired) electrons. The number of carbonyl (C=O) groups is 1. The van der Waals surface area contributed by atoms with Gasteiger partial charge in [-0.1, -0.05) is 50.0 Å². The Hall–Kier alpha value is -0.820. The molecule has 29 heavy (non-hydrogen) atoms. The smallest absolute Gasteiger partial charge is 0.224 e. The van der Waals surface area contributed by atoms with Gasteiger partial charge in [0.1, 0.15) is 0 Å². The highest BCUT2D eigenvalue weighted by Gasteiger charge is 2.35. The van der Waals surface area contributed by atoms with Crippen LogP contribution in [0.4, 0.5) is 0 Å². The molecular formula is C21H32Cl2N2O3S. The van der Waals surface area contributed by atoms with Crippen molar-refractivity contribution in [3.05, 3.63) is 33.8 Å². The van der Waals surface area contributed by atoms with Gasteiger partial charge in [-0.15, -0.1) is 0 Å². The molecule has 1 aliphatic rings. The summed E-state index contributed by atoms with van der Waals surface area (Å²) >= 11 is 11.9. The van der Waals surface area contributed by atoms with E-state index < -0.39 is 10.0 Å². The highest BCUT2D eigenvalue weighted by molar-refractivity contribution is 7.88. The van der Waals surface area contributed by atoms with Crippen LogP contribution in [0.5, 0.6) is 0 Å². The fraction of sp³-hybridized carbons (Fsp3) is 0.667. The van der Waals surface area contributed by atoms with Crippen molar-refractivity contribution in [2.45, 2.75) is 65.2 Å². The maximum atomic E-state index is 12.9. The predicted octanol–water partition coefficient (Wildman–Crippen LogP) is 4.87. The molecule has 1 saturated heterocycles. The summed E-state index contributed by atoms with van der Waals surface area (Å²) in [6.45, 7) is 11.1. The zero-order valence-corrected chi connectivity index (χ0v) is 20.2. The minimum atomic E-state index is -3.55. The number of piperidine rings is 1. The van der Waals surface area contributed by atoms with Crippen LogP contribution in [0.3, 0.4) is 0 Å². The average Bonchev–Trinajstić information content (AvgIpc) is 2.55. The molecule has 0 saturated carbocycles. The number of hydrogen-bond donors (Lipinski definition) is 1. The maximum absolute atomic E-state index is 12.9. The molecule has 0 bridgehead atoms. The van der Waals surface area contributed by atoms with Crippen LogP contribution in [-0.2, 0) is 20.6 Å². The van der Waals surface area contributed by atoms with E-state index in [1.165, 1.54) is 4.31 Å². The minimum Gasteiger partial charge on any atom is -0.351 e. The summed E-state index contributed by atoms with van der Waals surface area (Å²) in [6.07, 6.45) is 2.19. The lowest BCUT2D eigenvalue weighted by Crippen LogP contribution is -2.52. The van der Waals surface area contributed by atoms with Gasteiger partial charge in [0.15, 0.2) is 0 Å². The largest absolute Gasteiger partial charge is 0.351 e. The van der Waals surface area contributed by atoms with Gasteiger partial charge in [0.2, 0.25) is 15.9 Å². The summed E-state index contributed by atoms with van der Waals surface area (Å²) in [6, 6.07) is 4.83. The van der Waals surface area contributed by atoms with Crippen LogP contribution in [0.15, 0.2) is 18.2 Å². The zero-order valence-electron chi connectivity index (χ0n) is 17.9. The standard InChI is InChI=1S/C21H32Cl2N2O3S/c1-20(2,3)14-21(4,5)24-19(26)16-7-6-10-25(12-16)29(27,28)13-15-8-9-17(22)18(23)11-15/h8-9,11,16H,6-7,10,12-14H2,1-5H3,(H,24,26)/t16-/m1/s1. The van der Waals surface area contributed by atoms with E-state index in [1.54, 1.807) is 18.2 Å². The first kappa shape index (κ1) is 24.4. The fourth-order valence-corrected chi connectivity index (χ4v) is 6.06. The Balaban J connectivity index is 2.05. The third kappa shape index (κ3) is 7.42. The van der Waals surface area contributed by atoms with E-state index in [-0.39, 0.29) is 35.1 Å². The zero-order chi connectivity index (χ0) is 22.0. The molecule has 0 unspecified atom stereocenters. The number of rotatable bonds is 6. The number of sulfonamides is 1. The van der Waals surface area contributed by atoms with Gasteiger partial charge < -0.3 is 5.32 Å². The van der Waals surface area contributed by atoms with Gasteiger partial charge in [-0.2, -0.15) is 0 Å². The van der Waals surface area contributed by atoms with Gasteiger partial charge in [-0.3, -0.25) is 4.79 Å². The second-order valence-corrected chi connectivity index (χ2v) is 12.6. The molecule has 1 aromatic carbocycles. The first-order chi connectivity index (χ1) is 13.2. The summed E-state index contributed by atoms with van der Waals surface area (Å²) in [4.78, 5) is 12.8. The molecule has 1 N–H and O–H groups in total. The van der Waals surface area contributed by atoms with Crippen molar-refractivity contribution in [2.75, 3.05) is 13.1 Å².